The molecule has 4 heteroatoms. The molecule has 2 heterocycles. The van der Waals surface area contributed by atoms with E-state index in [0.717, 1.165) is 43.8 Å². The van der Waals surface area contributed by atoms with Crippen molar-refractivity contribution in [1.82, 2.24) is 15.5 Å². The summed E-state index contributed by atoms with van der Waals surface area (Å²) in [5.41, 5.74) is 2.30. The fraction of sp³-hybridized carbons (Fsp3) is 0.500. The Morgan fingerprint density at radius 3 is 2.75 bits per heavy atom. The Morgan fingerprint density at radius 1 is 1.30 bits per heavy atom. The van der Waals surface area contributed by atoms with Gasteiger partial charge in [0.15, 0.2) is 0 Å². The molecule has 1 saturated heterocycles. The van der Waals surface area contributed by atoms with Gasteiger partial charge in [-0.15, -0.1) is 0 Å². The van der Waals surface area contributed by atoms with Crippen LogP contribution in [0.5, 0.6) is 0 Å². The lowest BCUT2D eigenvalue weighted by Gasteiger charge is -2.30. The van der Waals surface area contributed by atoms with Crippen LogP contribution >= 0.6 is 0 Å². The van der Waals surface area contributed by atoms with Gasteiger partial charge in [0.2, 0.25) is 11.7 Å². The number of aryl methyl sites for hydroxylation is 1. The van der Waals surface area contributed by atoms with E-state index in [1.54, 1.807) is 0 Å². The number of rotatable bonds is 3. The summed E-state index contributed by atoms with van der Waals surface area (Å²) in [5.74, 6) is 1.44. The Hall–Kier alpha value is -1.68. The van der Waals surface area contributed by atoms with Gasteiger partial charge >= 0.3 is 0 Å². The summed E-state index contributed by atoms with van der Waals surface area (Å²) in [5, 5.41) is 7.56. The molecule has 0 saturated carbocycles. The molecule has 0 spiro atoms. The average molecular weight is 271 g/mol. The minimum absolute atomic E-state index is 0.0349. The minimum atomic E-state index is -0.0349. The van der Waals surface area contributed by atoms with Crippen LogP contribution in [0.2, 0.25) is 0 Å². The molecule has 3 rings (SSSR count). The van der Waals surface area contributed by atoms with E-state index in [-0.39, 0.29) is 5.41 Å². The number of hydrogen-bond acceptors (Lipinski definition) is 4. The van der Waals surface area contributed by atoms with E-state index in [0.29, 0.717) is 5.82 Å². The number of piperidine rings is 1. The monoisotopic (exact) mass is 271 g/mol. The fourth-order valence-corrected chi connectivity index (χ4v) is 2.71. The zero-order valence-corrected chi connectivity index (χ0v) is 12.1. The molecule has 2 aromatic rings. The first-order chi connectivity index (χ1) is 9.71. The Morgan fingerprint density at radius 2 is 2.10 bits per heavy atom. The largest absolute Gasteiger partial charge is 0.338 e. The van der Waals surface area contributed by atoms with Crippen molar-refractivity contribution >= 4 is 0 Å². The lowest BCUT2D eigenvalue weighted by atomic mass is 9.83. The SMILES string of the molecule is CCc1ccc(-c2noc(C3(C)CCCNC3)n2)cc1. The second kappa shape index (κ2) is 5.37. The van der Waals surface area contributed by atoms with Crippen LogP contribution in [0, 0.1) is 0 Å². The molecular formula is C16H21N3O. The molecule has 1 aliphatic heterocycles. The van der Waals surface area contributed by atoms with Crippen LogP contribution in [0.3, 0.4) is 0 Å². The molecule has 1 aliphatic rings. The molecule has 1 fully saturated rings. The van der Waals surface area contributed by atoms with Crippen LogP contribution in [-0.4, -0.2) is 23.2 Å². The summed E-state index contributed by atoms with van der Waals surface area (Å²) in [6, 6.07) is 8.37. The van der Waals surface area contributed by atoms with Gasteiger partial charge in [-0.25, -0.2) is 0 Å². The van der Waals surface area contributed by atoms with Crippen LogP contribution in [0.1, 0.15) is 38.1 Å². The van der Waals surface area contributed by atoms with E-state index in [1.807, 2.05) is 0 Å². The van der Waals surface area contributed by atoms with Gasteiger partial charge in [0.1, 0.15) is 0 Å². The van der Waals surface area contributed by atoms with Gasteiger partial charge in [0, 0.05) is 12.1 Å². The molecule has 0 amide bonds. The number of nitrogens with zero attached hydrogens (tertiary/aromatic N) is 2. The fourth-order valence-electron chi connectivity index (χ4n) is 2.71. The van der Waals surface area contributed by atoms with Crippen molar-refractivity contribution < 1.29 is 4.52 Å². The van der Waals surface area contributed by atoms with Crippen molar-refractivity contribution in [1.29, 1.82) is 0 Å². The van der Waals surface area contributed by atoms with Crippen molar-refractivity contribution in [2.45, 2.75) is 38.5 Å². The zero-order valence-electron chi connectivity index (χ0n) is 12.1. The third-order valence-electron chi connectivity index (χ3n) is 4.16. The third-order valence-corrected chi connectivity index (χ3v) is 4.16. The molecule has 1 aromatic carbocycles. The van der Waals surface area contributed by atoms with E-state index >= 15 is 0 Å². The minimum Gasteiger partial charge on any atom is -0.338 e. The summed E-state index contributed by atoms with van der Waals surface area (Å²) in [7, 11) is 0. The van der Waals surface area contributed by atoms with E-state index in [2.05, 4.69) is 53.6 Å². The zero-order chi connectivity index (χ0) is 14.0. The molecule has 20 heavy (non-hydrogen) atoms. The molecule has 0 aliphatic carbocycles. The first-order valence-electron chi connectivity index (χ1n) is 7.35. The van der Waals surface area contributed by atoms with Gasteiger partial charge in [0.25, 0.3) is 0 Å². The number of benzene rings is 1. The average Bonchev–Trinajstić information content (AvgIpc) is 2.99. The van der Waals surface area contributed by atoms with Crippen LogP contribution in [-0.2, 0) is 11.8 Å². The Labute approximate surface area is 119 Å². The number of aromatic nitrogens is 2. The second-order valence-electron chi connectivity index (χ2n) is 5.81. The lowest BCUT2D eigenvalue weighted by Crippen LogP contribution is -2.41. The summed E-state index contributed by atoms with van der Waals surface area (Å²) in [6.45, 7) is 6.33. The molecule has 0 bridgehead atoms. The molecule has 1 unspecified atom stereocenters. The van der Waals surface area contributed by atoms with Crippen molar-refractivity contribution in [3.05, 3.63) is 35.7 Å². The van der Waals surface area contributed by atoms with Gasteiger partial charge in [-0.2, -0.15) is 4.98 Å². The predicted molar refractivity (Wildman–Crippen MR) is 78.6 cm³/mol. The van der Waals surface area contributed by atoms with Gasteiger partial charge in [-0.05, 0) is 38.3 Å². The first-order valence-corrected chi connectivity index (χ1v) is 7.35. The van der Waals surface area contributed by atoms with E-state index in [1.165, 1.54) is 5.56 Å². The topological polar surface area (TPSA) is 51.0 Å². The van der Waals surface area contributed by atoms with Crippen molar-refractivity contribution in [3.8, 4) is 11.4 Å². The Bertz CT molecular complexity index is 568. The quantitative estimate of drug-likeness (QED) is 0.932. The van der Waals surface area contributed by atoms with Crippen LogP contribution in [0.15, 0.2) is 28.8 Å². The van der Waals surface area contributed by atoms with Gasteiger partial charge in [-0.1, -0.05) is 36.3 Å². The highest BCUT2D eigenvalue weighted by Crippen LogP contribution is 2.30. The molecular weight excluding hydrogens is 250 g/mol. The standard InChI is InChI=1S/C16H21N3O/c1-3-12-5-7-13(8-6-12)14-18-15(20-19-14)16(2)9-4-10-17-11-16/h5-8,17H,3-4,9-11H2,1-2H3. The molecule has 106 valence electrons. The second-order valence-corrected chi connectivity index (χ2v) is 5.81. The summed E-state index contributed by atoms with van der Waals surface area (Å²) in [6.07, 6.45) is 3.29. The third kappa shape index (κ3) is 2.48. The maximum absolute atomic E-state index is 5.52. The smallest absolute Gasteiger partial charge is 0.234 e. The van der Waals surface area contributed by atoms with E-state index in [9.17, 15) is 0 Å². The number of hydrogen-bond donors (Lipinski definition) is 1. The highest BCUT2D eigenvalue weighted by Gasteiger charge is 2.34. The predicted octanol–water partition coefficient (Wildman–Crippen LogP) is 2.94. The maximum atomic E-state index is 5.52. The van der Waals surface area contributed by atoms with Crippen molar-refractivity contribution in [2.75, 3.05) is 13.1 Å². The van der Waals surface area contributed by atoms with Gasteiger partial charge < -0.3 is 9.84 Å². The van der Waals surface area contributed by atoms with Crippen LogP contribution in [0.25, 0.3) is 11.4 Å². The Kier molecular flexibility index (Phi) is 3.57. The Balaban J connectivity index is 1.85. The molecule has 4 nitrogen and oxygen atoms in total. The molecule has 1 N–H and O–H groups in total. The highest BCUT2D eigenvalue weighted by molar-refractivity contribution is 5.54. The van der Waals surface area contributed by atoms with E-state index < -0.39 is 0 Å². The van der Waals surface area contributed by atoms with Crippen molar-refractivity contribution in [3.63, 3.8) is 0 Å². The van der Waals surface area contributed by atoms with Crippen LogP contribution in [0.4, 0.5) is 0 Å². The van der Waals surface area contributed by atoms with Crippen LogP contribution < -0.4 is 5.32 Å². The molecule has 0 radical (unpaired) electrons. The molecule has 1 atom stereocenters. The number of nitrogens with one attached hydrogen (secondary N) is 1. The summed E-state index contributed by atoms with van der Waals surface area (Å²) >= 11 is 0. The molecule has 1 aromatic heterocycles. The summed E-state index contributed by atoms with van der Waals surface area (Å²) in [4.78, 5) is 4.61. The first kappa shape index (κ1) is 13.3. The summed E-state index contributed by atoms with van der Waals surface area (Å²) < 4.78 is 5.52. The van der Waals surface area contributed by atoms with Gasteiger partial charge in [0.05, 0.1) is 5.41 Å². The highest BCUT2D eigenvalue weighted by atomic mass is 16.5. The maximum Gasteiger partial charge on any atom is 0.234 e. The normalized spacial score (nSPS) is 22.9. The van der Waals surface area contributed by atoms with Crippen molar-refractivity contribution in [2.24, 2.45) is 0 Å². The van der Waals surface area contributed by atoms with Gasteiger partial charge in [-0.3, -0.25) is 0 Å². The van der Waals surface area contributed by atoms with E-state index in [4.69, 9.17) is 4.52 Å². The lowest BCUT2D eigenvalue weighted by molar-refractivity contribution is 0.245.